The fourth-order valence-corrected chi connectivity index (χ4v) is 1.83. The molecule has 0 heterocycles. The van der Waals surface area contributed by atoms with Gasteiger partial charge in [0.15, 0.2) is 0 Å². The van der Waals surface area contributed by atoms with Crippen LogP contribution >= 0.6 is 15.9 Å². The van der Waals surface area contributed by atoms with Gasteiger partial charge in [0.25, 0.3) is 0 Å². The Morgan fingerprint density at radius 2 is 2.29 bits per heavy atom. The number of methoxy groups -OCH3 is 1. The molecule has 2 N–H and O–H groups in total. The molecule has 0 amide bonds. The molecular weight excluding hydrogens is 280 g/mol. The van der Waals surface area contributed by atoms with Gasteiger partial charge in [-0.1, -0.05) is 12.1 Å². The summed E-state index contributed by atoms with van der Waals surface area (Å²) in [5, 5.41) is 0. The highest BCUT2D eigenvalue weighted by atomic mass is 79.9. The number of halogens is 1. The van der Waals surface area contributed by atoms with Crippen LogP contribution in [0.15, 0.2) is 35.3 Å². The van der Waals surface area contributed by atoms with E-state index in [4.69, 9.17) is 10.5 Å². The number of nitrogens with two attached hydrogens (primary N) is 1. The zero-order chi connectivity index (χ0) is 12.7. The van der Waals surface area contributed by atoms with Crippen molar-refractivity contribution >= 4 is 21.6 Å². The average Bonchev–Trinajstić information content (AvgIpc) is 2.31. The molecule has 17 heavy (non-hydrogen) atoms. The molecule has 0 spiro atoms. The number of ether oxygens (including phenoxy) is 1. The minimum atomic E-state index is 0.722. The highest BCUT2D eigenvalue weighted by Crippen LogP contribution is 2.20. The predicted octanol–water partition coefficient (Wildman–Crippen LogP) is 2.67. The van der Waals surface area contributed by atoms with Gasteiger partial charge in [0.2, 0.25) is 0 Å². The summed E-state index contributed by atoms with van der Waals surface area (Å²) in [5.74, 6) is 0. The summed E-state index contributed by atoms with van der Waals surface area (Å²) < 4.78 is 6.03. The third kappa shape index (κ3) is 4.89. The lowest BCUT2D eigenvalue weighted by molar-refractivity contribution is 0.151. The first-order valence-corrected chi connectivity index (χ1v) is 6.32. The van der Waals surface area contributed by atoms with Crippen molar-refractivity contribution < 1.29 is 4.74 Å². The topological polar surface area (TPSA) is 38.5 Å². The largest absolute Gasteiger partial charge is 0.398 e. The highest BCUT2D eigenvalue weighted by molar-refractivity contribution is 9.10. The van der Waals surface area contributed by atoms with E-state index in [2.05, 4.69) is 33.5 Å². The Morgan fingerprint density at radius 1 is 1.53 bits per heavy atom. The molecule has 1 rings (SSSR count). The van der Waals surface area contributed by atoms with Crippen LogP contribution in [0.3, 0.4) is 0 Å². The second-order valence-electron chi connectivity index (χ2n) is 3.87. The van der Waals surface area contributed by atoms with Gasteiger partial charge in [-0.2, -0.15) is 0 Å². The molecule has 0 unspecified atom stereocenters. The molecule has 0 saturated carbocycles. The molecule has 0 aliphatic heterocycles. The molecule has 1 aromatic rings. The van der Waals surface area contributed by atoms with Gasteiger partial charge in [-0.25, -0.2) is 0 Å². The van der Waals surface area contributed by atoms with Crippen molar-refractivity contribution in [2.45, 2.75) is 6.54 Å². The number of nitrogen functional groups attached to an aromatic ring is 1. The lowest BCUT2D eigenvalue weighted by Crippen LogP contribution is -2.27. The van der Waals surface area contributed by atoms with Crippen molar-refractivity contribution in [2.75, 3.05) is 32.5 Å². The van der Waals surface area contributed by atoms with E-state index >= 15 is 0 Å². The van der Waals surface area contributed by atoms with Gasteiger partial charge in [0, 0.05) is 36.9 Å². The van der Waals surface area contributed by atoms with Gasteiger partial charge in [0.05, 0.1) is 6.61 Å². The molecule has 0 fully saturated rings. The number of rotatable bonds is 7. The Labute approximate surface area is 111 Å². The van der Waals surface area contributed by atoms with Crippen molar-refractivity contribution in [3.05, 3.63) is 40.9 Å². The van der Waals surface area contributed by atoms with Crippen LogP contribution in [-0.2, 0) is 11.3 Å². The quantitative estimate of drug-likeness (QED) is 0.621. The molecule has 0 aliphatic carbocycles. The highest BCUT2D eigenvalue weighted by Gasteiger charge is 2.05. The molecule has 4 heteroatoms. The second-order valence-corrected chi connectivity index (χ2v) is 4.73. The molecule has 0 atom stereocenters. The van der Waals surface area contributed by atoms with Crippen LogP contribution in [0.1, 0.15) is 5.56 Å². The Morgan fingerprint density at radius 3 is 2.88 bits per heavy atom. The Kier molecular flexibility index (Phi) is 6.26. The van der Waals surface area contributed by atoms with Crippen molar-refractivity contribution in [2.24, 2.45) is 0 Å². The predicted molar refractivity (Wildman–Crippen MR) is 75.9 cm³/mol. The lowest BCUT2D eigenvalue weighted by Gasteiger charge is -2.20. The first-order chi connectivity index (χ1) is 8.17. The summed E-state index contributed by atoms with van der Waals surface area (Å²) in [6.07, 6.45) is 1.90. The Hall–Kier alpha value is -0.840. The minimum Gasteiger partial charge on any atom is -0.398 e. The van der Waals surface area contributed by atoms with Crippen LogP contribution in [0, 0.1) is 0 Å². The maximum atomic E-state index is 5.86. The molecule has 3 nitrogen and oxygen atoms in total. The standard InChI is InChI=1S/C13H19BrN2O/c1-3-6-16(7-8-17-2)10-11-4-5-12(14)13(15)9-11/h3-5,9H,1,6-8,10,15H2,2H3. The van der Waals surface area contributed by atoms with Crippen molar-refractivity contribution in [3.8, 4) is 0 Å². The Bertz CT molecular complexity index is 368. The summed E-state index contributed by atoms with van der Waals surface area (Å²) in [6, 6.07) is 6.05. The fourth-order valence-electron chi connectivity index (χ4n) is 1.59. The maximum Gasteiger partial charge on any atom is 0.0589 e. The molecule has 0 radical (unpaired) electrons. The van der Waals surface area contributed by atoms with Crippen LogP contribution in [-0.4, -0.2) is 31.7 Å². The van der Waals surface area contributed by atoms with Crippen LogP contribution in [0.2, 0.25) is 0 Å². The van der Waals surface area contributed by atoms with Gasteiger partial charge in [-0.15, -0.1) is 6.58 Å². The van der Waals surface area contributed by atoms with E-state index in [0.717, 1.165) is 36.4 Å². The first-order valence-electron chi connectivity index (χ1n) is 5.53. The third-order valence-electron chi connectivity index (χ3n) is 2.47. The van der Waals surface area contributed by atoms with Crippen LogP contribution in [0.4, 0.5) is 5.69 Å². The van der Waals surface area contributed by atoms with E-state index in [1.165, 1.54) is 5.56 Å². The van der Waals surface area contributed by atoms with Gasteiger partial charge in [-0.3, -0.25) is 4.90 Å². The van der Waals surface area contributed by atoms with E-state index < -0.39 is 0 Å². The number of anilines is 1. The summed E-state index contributed by atoms with van der Waals surface area (Å²) >= 11 is 3.39. The SMILES string of the molecule is C=CCN(CCOC)Cc1ccc(Br)c(N)c1. The van der Waals surface area contributed by atoms with Crippen LogP contribution in [0.25, 0.3) is 0 Å². The zero-order valence-corrected chi connectivity index (χ0v) is 11.7. The summed E-state index contributed by atoms with van der Waals surface area (Å²) in [7, 11) is 1.71. The van der Waals surface area contributed by atoms with E-state index in [1.54, 1.807) is 7.11 Å². The van der Waals surface area contributed by atoms with Gasteiger partial charge in [-0.05, 0) is 33.6 Å². The summed E-state index contributed by atoms with van der Waals surface area (Å²) in [5.41, 5.74) is 7.83. The smallest absolute Gasteiger partial charge is 0.0589 e. The van der Waals surface area contributed by atoms with E-state index in [1.807, 2.05) is 18.2 Å². The number of hydrogen-bond acceptors (Lipinski definition) is 3. The molecule has 0 bridgehead atoms. The lowest BCUT2D eigenvalue weighted by atomic mass is 10.2. The van der Waals surface area contributed by atoms with Crippen molar-refractivity contribution in [1.82, 2.24) is 4.90 Å². The first kappa shape index (κ1) is 14.2. The number of nitrogens with zero attached hydrogens (tertiary/aromatic N) is 1. The van der Waals surface area contributed by atoms with Gasteiger partial charge >= 0.3 is 0 Å². The van der Waals surface area contributed by atoms with E-state index in [-0.39, 0.29) is 0 Å². The third-order valence-corrected chi connectivity index (χ3v) is 3.19. The molecular formula is C13H19BrN2O. The Balaban J connectivity index is 2.64. The summed E-state index contributed by atoms with van der Waals surface area (Å²) in [4.78, 5) is 2.26. The number of benzene rings is 1. The summed E-state index contributed by atoms with van der Waals surface area (Å²) in [6.45, 7) is 7.08. The van der Waals surface area contributed by atoms with E-state index in [9.17, 15) is 0 Å². The zero-order valence-electron chi connectivity index (χ0n) is 10.2. The fraction of sp³-hybridized carbons (Fsp3) is 0.385. The van der Waals surface area contributed by atoms with Crippen molar-refractivity contribution in [3.63, 3.8) is 0 Å². The number of hydrogen-bond donors (Lipinski definition) is 1. The van der Waals surface area contributed by atoms with Gasteiger partial charge in [0.1, 0.15) is 0 Å². The molecule has 0 aromatic heterocycles. The van der Waals surface area contributed by atoms with Gasteiger partial charge < -0.3 is 10.5 Å². The molecule has 1 aromatic carbocycles. The van der Waals surface area contributed by atoms with E-state index in [0.29, 0.717) is 0 Å². The second kappa shape index (κ2) is 7.48. The van der Waals surface area contributed by atoms with Crippen molar-refractivity contribution in [1.29, 1.82) is 0 Å². The molecule has 0 aliphatic rings. The normalized spacial score (nSPS) is 10.8. The molecule has 94 valence electrons. The average molecular weight is 299 g/mol. The maximum absolute atomic E-state index is 5.86. The van der Waals surface area contributed by atoms with Crippen LogP contribution < -0.4 is 5.73 Å². The molecule has 0 saturated heterocycles. The van der Waals surface area contributed by atoms with Crippen LogP contribution in [0.5, 0.6) is 0 Å². The monoisotopic (exact) mass is 298 g/mol. The minimum absolute atomic E-state index is 0.722.